The molecule has 3 rings (SSSR count). The molecule has 0 radical (unpaired) electrons. The van der Waals surface area contributed by atoms with Gasteiger partial charge in [0, 0.05) is 50.9 Å². The van der Waals surface area contributed by atoms with Crippen molar-refractivity contribution >= 4 is 17.5 Å². The normalized spacial score (nSPS) is 15.3. The molecule has 0 aliphatic carbocycles. The third kappa shape index (κ3) is 4.92. The third-order valence-corrected chi connectivity index (χ3v) is 4.58. The van der Waals surface area contributed by atoms with Gasteiger partial charge in [-0.3, -0.25) is 14.5 Å². The van der Waals surface area contributed by atoms with E-state index in [1.54, 1.807) is 24.3 Å². The number of nitrogens with one attached hydrogen (secondary N) is 1. The first-order valence-corrected chi connectivity index (χ1v) is 9.05. The summed E-state index contributed by atoms with van der Waals surface area (Å²) in [6.07, 6.45) is 0.975. The summed E-state index contributed by atoms with van der Waals surface area (Å²) in [5.41, 5.74) is 2.68. The minimum Gasteiger partial charge on any atom is -0.337 e. The second-order valence-electron chi connectivity index (χ2n) is 6.67. The van der Waals surface area contributed by atoms with Gasteiger partial charge in [0.25, 0.3) is 5.91 Å². The number of anilines is 1. The molecular weight excluding hydrogens is 326 g/mol. The molecule has 0 atom stereocenters. The molecule has 1 aliphatic rings. The molecule has 2 aromatic carbocycles. The zero-order chi connectivity index (χ0) is 18.4. The third-order valence-electron chi connectivity index (χ3n) is 4.58. The lowest BCUT2D eigenvalue weighted by molar-refractivity contribution is -0.114. The van der Waals surface area contributed by atoms with Crippen LogP contribution in [0.3, 0.4) is 0 Å². The maximum atomic E-state index is 12.8. The molecule has 0 unspecified atom stereocenters. The number of rotatable bonds is 4. The first-order valence-electron chi connectivity index (χ1n) is 9.05. The van der Waals surface area contributed by atoms with Crippen LogP contribution in [0, 0.1) is 0 Å². The van der Waals surface area contributed by atoms with Gasteiger partial charge in [-0.15, -0.1) is 0 Å². The number of benzene rings is 2. The Kier molecular flexibility index (Phi) is 6.02. The smallest absolute Gasteiger partial charge is 0.253 e. The van der Waals surface area contributed by atoms with Gasteiger partial charge in [-0.1, -0.05) is 30.3 Å². The average molecular weight is 351 g/mol. The molecule has 2 aromatic rings. The Morgan fingerprint density at radius 1 is 0.923 bits per heavy atom. The number of amides is 2. The van der Waals surface area contributed by atoms with Gasteiger partial charge >= 0.3 is 0 Å². The van der Waals surface area contributed by atoms with E-state index in [1.165, 1.54) is 12.5 Å². The van der Waals surface area contributed by atoms with Gasteiger partial charge in [0.15, 0.2) is 0 Å². The van der Waals surface area contributed by atoms with E-state index >= 15 is 0 Å². The number of carbonyl (C=O) groups excluding carboxylic acids is 2. The number of hydrogen-bond donors (Lipinski definition) is 1. The summed E-state index contributed by atoms with van der Waals surface area (Å²) in [6.45, 7) is 5.78. The predicted molar refractivity (Wildman–Crippen MR) is 103 cm³/mol. The molecule has 1 fully saturated rings. The summed E-state index contributed by atoms with van der Waals surface area (Å²) in [4.78, 5) is 28.2. The Labute approximate surface area is 154 Å². The van der Waals surface area contributed by atoms with Crippen LogP contribution in [0.5, 0.6) is 0 Å². The fourth-order valence-electron chi connectivity index (χ4n) is 3.26. The van der Waals surface area contributed by atoms with Gasteiger partial charge < -0.3 is 10.2 Å². The molecule has 26 heavy (non-hydrogen) atoms. The Morgan fingerprint density at radius 3 is 2.35 bits per heavy atom. The summed E-state index contributed by atoms with van der Waals surface area (Å²) < 4.78 is 0. The van der Waals surface area contributed by atoms with Crippen molar-refractivity contribution in [1.82, 2.24) is 9.80 Å². The fraction of sp³-hybridized carbons (Fsp3) is 0.333. The van der Waals surface area contributed by atoms with Crippen LogP contribution in [0.15, 0.2) is 54.6 Å². The molecule has 0 saturated carbocycles. The molecule has 136 valence electrons. The van der Waals surface area contributed by atoms with Crippen molar-refractivity contribution in [2.75, 3.05) is 31.5 Å². The standard InChI is InChI=1S/C21H25N3O2/c1-17(25)22-20-10-8-19(9-11-20)21(26)24-13-5-12-23(14-15-24)16-18-6-3-2-4-7-18/h2-4,6-11H,5,12-16H2,1H3,(H,22,25). The van der Waals surface area contributed by atoms with Crippen LogP contribution in [-0.4, -0.2) is 47.8 Å². The van der Waals surface area contributed by atoms with Crippen molar-refractivity contribution in [3.63, 3.8) is 0 Å². The van der Waals surface area contributed by atoms with Crippen LogP contribution >= 0.6 is 0 Å². The molecule has 1 aliphatic heterocycles. The molecular formula is C21H25N3O2. The van der Waals surface area contributed by atoms with E-state index in [1.807, 2.05) is 11.0 Å². The van der Waals surface area contributed by atoms with Crippen molar-refractivity contribution < 1.29 is 9.59 Å². The highest BCUT2D eigenvalue weighted by molar-refractivity contribution is 5.95. The lowest BCUT2D eigenvalue weighted by Crippen LogP contribution is -2.35. The van der Waals surface area contributed by atoms with Gasteiger partial charge in [0.2, 0.25) is 5.91 Å². The SMILES string of the molecule is CC(=O)Nc1ccc(C(=O)N2CCCN(Cc3ccccc3)CC2)cc1. The van der Waals surface area contributed by atoms with Crippen LogP contribution in [0.25, 0.3) is 0 Å². The fourth-order valence-corrected chi connectivity index (χ4v) is 3.26. The zero-order valence-electron chi connectivity index (χ0n) is 15.1. The Morgan fingerprint density at radius 2 is 1.65 bits per heavy atom. The molecule has 0 spiro atoms. The first-order chi connectivity index (χ1) is 12.6. The highest BCUT2D eigenvalue weighted by Crippen LogP contribution is 2.14. The lowest BCUT2D eigenvalue weighted by Gasteiger charge is -2.22. The molecule has 1 heterocycles. The predicted octanol–water partition coefficient (Wildman–Crippen LogP) is 2.99. The van der Waals surface area contributed by atoms with Gasteiger partial charge in [-0.05, 0) is 36.2 Å². The summed E-state index contributed by atoms with van der Waals surface area (Å²) in [6, 6.07) is 17.5. The Hall–Kier alpha value is -2.66. The van der Waals surface area contributed by atoms with Gasteiger partial charge in [-0.2, -0.15) is 0 Å². The number of hydrogen-bond acceptors (Lipinski definition) is 3. The lowest BCUT2D eigenvalue weighted by atomic mass is 10.1. The van der Waals surface area contributed by atoms with E-state index in [0.29, 0.717) is 11.3 Å². The van der Waals surface area contributed by atoms with Crippen molar-refractivity contribution in [1.29, 1.82) is 0 Å². The number of nitrogens with zero attached hydrogens (tertiary/aromatic N) is 2. The summed E-state index contributed by atoms with van der Waals surface area (Å²) in [7, 11) is 0. The van der Waals surface area contributed by atoms with E-state index in [2.05, 4.69) is 34.5 Å². The highest BCUT2D eigenvalue weighted by atomic mass is 16.2. The Balaban J connectivity index is 1.58. The molecule has 0 bridgehead atoms. The van der Waals surface area contributed by atoms with Crippen molar-refractivity contribution in [3.8, 4) is 0 Å². The Bertz CT molecular complexity index is 744. The first kappa shape index (κ1) is 18.1. The molecule has 2 amide bonds. The minimum absolute atomic E-state index is 0.0564. The van der Waals surface area contributed by atoms with Crippen molar-refractivity contribution in [3.05, 3.63) is 65.7 Å². The second-order valence-corrected chi connectivity index (χ2v) is 6.67. The summed E-state index contributed by atoms with van der Waals surface area (Å²) >= 11 is 0. The van der Waals surface area contributed by atoms with Gasteiger partial charge in [0.1, 0.15) is 0 Å². The zero-order valence-corrected chi connectivity index (χ0v) is 15.1. The number of carbonyl (C=O) groups is 2. The van der Waals surface area contributed by atoms with Crippen LogP contribution in [-0.2, 0) is 11.3 Å². The van der Waals surface area contributed by atoms with Crippen LogP contribution in [0.2, 0.25) is 0 Å². The van der Waals surface area contributed by atoms with Crippen LogP contribution in [0.1, 0.15) is 29.3 Å². The maximum Gasteiger partial charge on any atom is 0.253 e. The van der Waals surface area contributed by atoms with Crippen molar-refractivity contribution in [2.45, 2.75) is 19.9 Å². The summed E-state index contributed by atoms with van der Waals surface area (Å²) in [5, 5.41) is 2.72. The molecule has 0 aromatic heterocycles. The molecule has 5 nitrogen and oxygen atoms in total. The highest BCUT2D eigenvalue weighted by Gasteiger charge is 2.20. The monoisotopic (exact) mass is 351 g/mol. The van der Waals surface area contributed by atoms with Crippen LogP contribution in [0.4, 0.5) is 5.69 Å². The molecule has 5 heteroatoms. The van der Waals surface area contributed by atoms with E-state index in [0.717, 1.165) is 39.1 Å². The van der Waals surface area contributed by atoms with E-state index in [4.69, 9.17) is 0 Å². The molecule has 1 N–H and O–H groups in total. The van der Waals surface area contributed by atoms with E-state index < -0.39 is 0 Å². The molecule has 1 saturated heterocycles. The average Bonchev–Trinajstić information content (AvgIpc) is 2.88. The minimum atomic E-state index is -0.116. The largest absolute Gasteiger partial charge is 0.337 e. The maximum absolute atomic E-state index is 12.8. The van der Waals surface area contributed by atoms with Crippen molar-refractivity contribution in [2.24, 2.45) is 0 Å². The topological polar surface area (TPSA) is 52.7 Å². The second kappa shape index (κ2) is 8.63. The van der Waals surface area contributed by atoms with Gasteiger partial charge in [-0.25, -0.2) is 0 Å². The van der Waals surface area contributed by atoms with E-state index in [-0.39, 0.29) is 11.8 Å². The van der Waals surface area contributed by atoms with E-state index in [9.17, 15) is 9.59 Å². The summed E-state index contributed by atoms with van der Waals surface area (Å²) in [5.74, 6) is -0.0592. The van der Waals surface area contributed by atoms with Gasteiger partial charge in [0.05, 0.1) is 0 Å². The van der Waals surface area contributed by atoms with Crippen LogP contribution < -0.4 is 5.32 Å². The quantitative estimate of drug-likeness (QED) is 0.921.